The van der Waals surface area contributed by atoms with Crippen LogP contribution in [0.2, 0.25) is 0 Å². The summed E-state index contributed by atoms with van der Waals surface area (Å²) in [5, 5.41) is 3.64. The van der Waals surface area contributed by atoms with Gasteiger partial charge in [-0.2, -0.15) is 0 Å². The zero-order valence-electron chi connectivity index (χ0n) is 15.0. The molecule has 2 heterocycles. The molecule has 0 saturated carbocycles. The summed E-state index contributed by atoms with van der Waals surface area (Å²) in [7, 11) is 0. The van der Waals surface area contributed by atoms with Gasteiger partial charge in [0.1, 0.15) is 5.82 Å². The standard InChI is InChI=1S/C19H23FN4O2/c1-4-16(26)23-13-5-6-24(9-13)19-14(20)7-12(8-15(21)25)18-17(19)10(2)11(3)22-18/h4,7,13,22H,1,5-6,8-9H2,2-3H3,(H2,21,25)(H,23,26)/t13-/m0/s1. The van der Waals surface area contributed by atoms with Crippen molar-refractivity contribution in [2.75, 3.05) is 18.0 Å². The van der Waals surface area contributed by atoms with Crippen LogP contribution in [0, 0.1) is 19.7 Å². The number of primary amides is 1. The van der Waals surface area contributed by atoms with Crippen LogP contribution in [0.25, 0.3) is 10.9 Å². The number of hydrogen-bond donors (Lipinski definition) is 3. The highest BCUT2D eigenvalue weighted by atomic mass is 19.1. The first-order valence-electron chi connectivity index (χ1n) is 8.58. The molecule has 4 N–H and O–H groups in total. The van der Waals surface area contributed by atoms with Gasteiger partial charge in [0.25, 0.3) is 0 Å². The third kappa shape index (κ3) is 3.16. The number of carbonyl (C=O) groups is 2. The van der Waals surface area contributed by atoms with Crippen LogP contribution in [0.4, 0.5) is 10.1 Å². The number of aryl methyl sites for hydroxylation is 2. The lowest BCUT2D eigenvalue weighted by atomic mass is 10.0. The number of nitrogens with zero attached hydrogens (tertiary/aromatic N) is 1. The minimum atomic E-state index is -0.503. The van der Waals surface area contributed by atoms with E-state index in [-0.39, 0.29) is 24.2 Å². The van der Waals surface area contributed by atoms with Crippen LogP contribution in [-0.4, -0.2) is 35.9 Å². The molecule has 1 aliphatic rings. The summed E-state index contributed by atoms with van der Waals surface area (Å²) in [6, 6.07) is 1.33. The molecule has 1 fully saturated rings. The molecule has 0 spiro atoms. The van der Waals surface area contributed by atoms with Gasteiger partial charge in [0.05, 0.1) is 17.6 Å². The first-order valence-corrected chi connectivity index (χ1v) is 8.58. The minimum absolute atomic E-state index is 0.0227. The zero-order valence-corrected chi connectivity index (χ0v) is 15.0. The van der Waals surface area contributed by atoms with Crippen LogP contribution in [-0.2, 0) is 16.0 Å². The summed E-state index contributed by atoms with van der Waals surface area (Å²) >= 11 is 0. The van der Waals surface area contributed by atoms with Crippen LogP contribution < -0.4 is 16.0 Å². The highest BCUT2D eigenvalue weighted by Crippen LogP contribution is 2.37. The molecule has 0 radical (unpaired) electrons. The second-order valence-corrected chi connectivity index (χ2v) is 6.78. The Morgan fingerprint density at radius 2 is 2.23 bits per heavy atom. The van der Waals surface area contributed by atoms with Gasteiger partial charge in [0.15, 0.2) is 0 Å². The number of aromatic nitrogens is 1. The average Bonchev–Trinajstić information content (AvgIpc) is 3.14. The number of amides is 2. The van der Waals surface area contributed by atoms with Crippen molar-refractivity contribution >= 4 is 28.4 Å². The predicted octanol–water partition coefficient (Wildman–Crippen LogP) is 1.83. The van der Waals surface area contributed by atoms with Gasteiger partial charge in [-0.25, -0.2) is 4.39 Å². The van der Waals surface area contributed by atoms with Crippen LogP contribution in [0.1, 0.15) is 23.2 Å². The number of rotatable bonds is 5. The number of fused-ring (bicyclic) bond motifs is 1. The number of H-pyrrole nitrogens is 1. The van der Waals surface area contributed by atoms with E-state index >= 15 is 4.39 Å². The monoisotopic (exact) mass is 358 g/mol. The Balaban J connectivity index is 2.04. The molecule has 0 bridgehead atoms. The van der Waals surface area contributed by atoms with Gasteiger partial charge in [-0.3, -0.25) is 9.59 Å². The maximum Gasteiger partial charge on any atom is 0.243 e. The fourth-order valence-electron chi connectivity index (χ4n) is 3.65. The zero-order chi connectivity index (χ0) is 19.0. The highest BCUT2D eigenvalue weighted by molar-refractivity contribution is 6.00. The maximum absolute atomic E-state index is 15.0. The predicted molar refractivity (Wildman–Crippen MR) is 99.6 cm³/mol. The molecule has 0 unspecified atom stereocenters. The van der Waals surface area contributed by atoms with Crippen molar-refractivity contribution in [1.82, 2.24) is 10.3 Å². The van der Waals surface area contributed by atoms with E-state index in [0.29, 0.717) is 24.3 Å². The van der Waals surface area contributed by atoms with E-state index in [9.17, 15) is 9.59 Å². The van der Waals surface area contributed by atoms with Crippen molar-refractivity contribution < 1.29 is 14.0 Å². The van der Waals surface area contributed by atoms with Gasteiger partial charge in [0.2, 0.25) is 11.8 Å². The summed E-state index contributed by atoms with van der Waals surface area (Å²) < 4.78 is 15.0. The smallest absolute Gasteiger partial charge is 0.243 e. The summed E-state index contributed by atoms with van der Waals surface area (Å²) in [6.45, 7) is 8.45. The van der Waals surface area contributed by atoms with Crippen LogP contribution >= 0.6 is 0 Å². The number of aromatic amines is 1. The van der Waals surface area contributed by atoms with Crippen LogP contribution in [0.15, 0.2) is 18.7 Å². The second-order valence-electron chi connectivity index (χ2n) is 6.78. The molecule has 0 aliphatic carbocycles. The Morgan fingerprint density at radius 1 is 1.50 bits per heavy atom. The molecule has 26 heavy (non-hydrogen) atoms. The molecule has 1 aliphatic heterocycles. The number of anilines is 1. The van der Waals surface area contributed by atoms with E-state index in [4.69, 9.17) is 5.73 Å². The molecule has 7 heteroatoms. The van der Waals surface area contributed by atoms with E-state index in [1.807, 2.05) is 18.7 Å². The molecule has 1 aromatic heterocycles. The number of halogens is 1. The summed E-state index contributed by atoms with van der Waals surface area (Å²) in [5.74, 6) is -1.11. The first kappa shape index (κ1) is 18.0. The Kier molecular flexibility index (Phi) is 4.71. The Hall–Kier alpha value is -2.83. The van der Waals surface area contributed by atoms with Crippen molar-refractivity contribution in [2.45, 2.75) is 32.7 Å². The maximum atomic E-state index is 15.0. The van der Waals surface area contributed by atoms with Gasteiger partial charge in [-0.15, -0.1) is 0 Å². The molecular formula is C19H23FN4O2. The quantitative estimate of drug-likeness (QED) is 0.712. The van der Waals surface area contributed by atoms with Gasteiger partial charge in [-0.1, -0.05) is 6.58 Å². The van der Waals surface area contributed by atoms with E-state index in [2.05, 4.69) is 16.9 Å². The van der Waals surface area contributed by atoms with Gasteiger partial charge in [0, 0.05) is 30.2 Å². The van der Waals surface area contributed by atoms with E-state index in [1.54, 1.807) is 0 Å². The largest absolute Gasteiger partial charge is 0.369 e. The fraction of sp³-hybridized carbons (Fsp3) is 0.368. The molecule has 138 valence electrons. The number of carbonyl (C=O) groups excluding carboxylic acids is 2. The summed E-state index contributed by atoms with van der Waals surface area (Å²) in [4.78, 5) is 28.1. The average molecular weight is 358 g/mol. The molecular weight excluding hydrogens is 335 g/mol. The van der Waals surface area contributed by atoms with Crippen molar-refractivity contribution in [3.8, 4) is 0 Å². The molecule has 3 rings (SSSR count). The summed E-state index contributed by atoms with van der Waals surface area (Å²) in [5.41, 5.74) is 8.99. The molecule has 2 aromatic rings. The molecule has 1 aromatic carbocycles. The van der Waals surface area contributed by atoms with Crippen molar-refractivity contribution in [3.05, 3.63) is 41.4 Å². The van der Waals surface area contributed by atoms with Crippen molar-refractivity contribution in [2.24, 2.45) is 5.73 Å². The third-order valence-corrected chi connectivity index (χ3v) is 4.99. The number of hydrogen-bond acceptors (Lipinski definition) is 3. The highest BCUT2D eigenvalue weighted by Gasteiger charge is 2.29. The van der Waals surface area contributed by atoms with Crippen LogP contribution in [0.5, 0.6) is 0 Å². The molecule has 1 atom stereocenters. The lowest BCUT2D eigenvalue weighted by Crippen LogP contribution is -2.36. The normalized spacial score (nSPS) is 16.9. The van der Waals surface area contributed by atoms with Gasteiger partial charge < -0.3 is 20.9 Å². The second kappa shape index (κ2) is 6.82. The summed E-state index contributed by atoms with van der Waals surface area (Å²) in [6.07, 6.45) is 1.94. The number of benzene rings is 1. The van der Waals surface area contributed by atoms with Gasteiger partial charge in [-0.05, 0) is 43.5 Å². The Morgan fingerprint density at radius 3 is 2.88 bits per heavy atom. The molecule has 2 amide bonds. The Labute approximate surface area is 151 Å². The minimum Gasteiger partial charge on any atom is -0.369 e. The Bertz CT molecular complexity index is 903. The van der Waals surface area contributed by atoms with E-state index < -0.39 is 5.91 Å². The number of nitrogens with one attached hydrogen (secondary N) is 2. The van der Waals surface area contributed by atoms with Crippen molar-refractivity contribution in [3.63, 3.8) is 0 Å². The molecule has 1 saturated heterocycles. The lowest BCUT2D eigenvalue weighted by Gasteiger charge is -2.22. The van der Waals surface area contributed by atoms with Crippen molar-refractivity contribution in [1.29, 1.82) is 0 Å². The first-order chi connectivity index (χ1) is 12.3. The third-order valence-electron chi connectivity index (χ3n) is 4.99. The van der Waals surface area contributed by atoms with E-state index in [1.165, 1.54) is 12.1 Å². The van der Waals surface area contributed by atoms with Crippen LogP contribution in [0.3, 0.4) is 0 Å². The van der Waals surface area contributed by atoms with Gasteiger partial charge >= 0.3 is 0 Å². The lowest BCUT2D eigenvalue weighted by molar-refractivity contribution is -0.118. The fourth-order valence-corrected chi connectivity index (χ4v) is 3.65. The van der Waals surface area contributed by atoms with E-state index in [0.717, 1.165) is 28.6 Å². The topological polar surface area (TPSA) is 91.2 Å². The SMILES string of the molecule is C=CC(=O)N[C@H]1CCN(c2c(F)cc(CC(N)=O)c3[nH]c(C)c(C)c23)C1. The molecule has 6 nitrogen and oxygen atoms in total. The number of nitrogens with two attached hydrogens (primary N) is 1.